The summed E-state index contributed by atoms with van der Waals surface area (Å²) in [6.45, 7) is 2.76. The first-order valence-electron chi connectivity index (χ1n) is 5.43. The lowest BCUT2D eigenvalue weighted by molar-refractivity contribution is 0.444. The van der Waals surface area contributed by atoms with Crippen LogP contribution in [0.3, 0.4) is 0 Å². The molecule has 0 aliphatic heterocycles. The van der Waals surface area contributed by atoms with Crippen LogP contribution in [-0.2, 0) is 6.42 Å². The van der Waals surface area contributed by atoms with Crippen LogP contribution in [0.25, 0.3) is 0 Å². The van der Waals surface area contributed by atoms with Crippen LogP contribution in [-0.4, -0.2) is 21.5 Å². The van der Waals surface area contributed by atoms with Crippen molar-refractivity contribution in [3.63, 3.8) is 0 Å². The van der Waals surface area contributed by atoms with Gasteiger partial charge in [0.25, 0.3) is 0 Å². The van der Waals surface area contributed by atoms with Crippen LogP contribution in [0.5, 0.6) is 0 Å². The lowest BCUT2D eigenvalue weighted by atomic mass is 10.2. The van der Waals surface area contributed by atoms with Gasteiger partial charge in [-0.1, -0.05) is 18.1 Å². The van der Waals surface area contributed by atoms with Gasteiger partial charge in [-0.2, -0.15) is 0 Å². The second kappa shape index (κ2) is 4.09. The first-order valence-corrected chi connectivity index (χ1v) is 5.43. The molecule has 0 radical (unpaired) electrons. The van der Waals surface area contributed by atoms with Crippen LogP contribution in [0.2, 0.25) is 0 Å². The van der Waals surface area contributed by atoms with Gasteiger partial charge in [0.1, 0.15) is 0 Å². The van der Waals surface area contributed by atoms with Gasteiger partial charge < -0.3 is 5.73 Å². The third-order valence-electron chi connectivity index (χ3n) is 3.07. The minimum atomic E-state index is 0.592. The fourth-order valence-corrected chi connectivity index (χ4v) is 2.24. The van der Waals surface area contributed by atoms with Crippen molar-refractivity contribution in [1.82, 2.24) is 15.0 Å². The Bertz CT molecular complexity index is 299. The first kappa shape index (κ1) is 9.65. The lowest BCUT2D eigenvalue weighted by Crippen LogP contribution is -2.09. The quantitative estimate of drug-likeness (QED) is 0.786. The zero-order valence-corrected chi connectivity index (χ0v) is 8.74. The molecule has 0 unspecified atom stereocenters. The van der Waals surface area contributed by atoms with Gasteiger partial charge in [-0.25, -0.2) is 4.68 Å². The van der Waals surface area contributed by atoms with Crippen molar-refractivity contribution in [2.45, 2.75) is 45.1 Å². The Balaban J connectivity index is 2.17. The Morgan fingerprint density at radius 2 is 2.14 bits per heavy atom. The smallest absolute Gasteiger partial charge is 0.0868 e. The number of hydrogen-bond donors (Lipinski definition) is 1. The molecule has 4 heteroatoms. The maximum Gasteiger partial charge on any atom is 0.0868 e. The van der Waals surface area contributed by atoms with E-state index in [-0.39, 0.29) is 0 Å². The number of rotatable bonds is 3. The second-order valence-electron chi connectivity index (χ2n) is 4.04. The SMILES string of the molecule is Cc1c(CCN)nnn1C1CCCC1. The Kier molecular flexibility index (Phi) is 2.82. The van der Waals surface area contributed by atoms with E-state index in [1.807, 2.05) is 0 Å². The topological polar surface area (TPSA) is 56.7 Å². The van der Waals surface area contributed by atoms with E-state index in [1.165, 1.54) is 31.4 Å². The fourth-order valence-electron chi connectivity index (χ4n) is 2.24. The third-order valence-corrected chi connectivity index (χ3v) is 3.07. The number of nitrogens with zero attached hydrogens (tertiary/aromatic N) is 3. The highest BCUT2D eigenvalue weighted by molar-refractivity contribution is 5.09. The van der Waals surface area contributed by atoms with Crippen molar-refractivity contribution in [1.29, 1.82) is 0 Å². The normalized spacial score (nSPS) is 17.9. The Morgan fingerprint density at radius 3 is 2.79 bits per heavy atom. The molecule has 2 rings (SSSR count). The molecule has 0 atom stereocenters. The van der Waals surface area contributed by atoms with Crippen molar-refractivity contribution in [3.8, 4) is 0 Å². The molecule has 1 heterocycles. The van der Waals surface area contributed by atoms with E-state index in [0.717, 1.165) is 12.1 Å². The van der Waals surface area contributed by atoms with Crippen LogP contribution in [0, 0.1) is 6.92 Å². The molecule has 1 aromatic rings. The van der Waals surface area contributed by atoms with Gasteiger partial charge in [0.2, 0.25) is 0 Å². The molecule has 1 fully saturated rings. The number of aromatic nitrogens is 3. The molecule has 0 saturated heterocycles. The summed E-state index contributed by atoms with van der Waals surface area (Å²) >= 11 is 0. The van der Waals surface area contributed by atoms with Gasteiger partial charge in [0, 0.05) is 6.42 Å². The average Bonchev–Trinajstić information content (AvgIpc) is 2.77. The summed E-state index contributed by atoms with van der Waals surface area (Å²) < 4.78 is 2.10. The highest BCUT2D eigenvalue weighted by Crippen LogP contribution is 2.29. The van der Waals surface area contributed by atoms with Crippen LogP contribution in [0.15, 0.2) is 0 Å². The Labute approximate surface area is 84.5 Å². The largest absolute Gasteiger partial charge is 0.330 e. The standard InChI is InChI=1S/C10H18N4/c1-8-10(6-7-11)12-13-14(8)9-4-2-3-5-9/h9H,2-7,11H2,1H3. The van der Waals surface area contributed by atoms with E-state index in [0.29, 0.717) is 12.6 Å². The summed E-state index contributed by atoms with van der Waals surface area (Å²) in [6.07, 6.45) is 6.02. The van der Waals surface area contributed by atoms with Crippen molar-refractivity contribution in [2.24, 2.45) is 5.73 Å². The predicted molar refractivity (Wildman–Crippen MR) is 55.0 cm³/mol. The summed E-state index contributed by atoms with van der Waals surface area (Å²) in [7, 11) is 0. The van der Waals surface area contributed by atoms with Gasteiger partial charge in [-0.05, 0) is 26.3 Å². The van der Waals surface area contributed by atoms with Gasteiger partial charge in [0.05, 0.1) is 17.4 Å². The zero-order chi connectivity index (χ0) is 9.97. The summed E-state index contributed by atoms with van der Waals surface area (Å²) in [5.74, 6) is 0. The maximum absolute atomic E-state index is 5.52. The van der Waals surface area contributed by atoms with Gasteiger partial charge in [-0.15, -0.1) is 5.10 Å². The molecule has 0 aromatic carbocycles. The molecule has 1 aliphatic carbocycles. The third kappa shape index (κ3) is 1.66. The zero-order valence-electron chi connectivity index (χ0n) is 8.74. The van der Waals surface area contributed by atoms with Crippen LogP contribution < -0.4 is 5.73 Å². The summed E-state index contributed by atoms with van der Waals surface area (Å²) in [6, 6.07) is 0.592. The molecule has 14 heavy (non-hydrogen) atoms. The minimum absolute atomic E-state index is 0.592. The molecule has 1 aliphatic rings. The summed E-state index contributed by atoms with van der Waals surface area (Å²) in [5.41, 5.74) is 7.79. The van der Waals surface area contributed by atoms with Gasteiger partial charge >= 0.3 is 0 Å². The number of nitrogens with two attached hydrogens (primary N) is 1. The van der Waals surface area contributed by atoms with Crippen LogP contribution in [0.4, 0.5) is 0 Å². The van der Waals surface area contributed by atoms with Crippen LogP contribution in [0.1, 0.15) is 43.1 Å². The molecule has 2 N–H and O–H groups in total. The second-order valence-corrected chi connectivity index (χ2v) is 4.04. The highest BCUT2D eigenvalue weighted by atomic mass is 15.4. The van der Waals surface area contributed by atoms with E-state index in [9.17, 15) is 0 Å². The molecule has 0 spiro atoms. The van der Waals surface area contributed by atoms with Gasteiger partial charge in [-0.3, -0.25) is 0 Å². The van der Waals surface area contributed by atoms with Crippen molar-refractivity contribution < 1.29 is 0 Å². The molecule has 0 bridgehead atoms. The Hall–Kier alpha value is -0.900. The highest BCUT2D eigenvalue weighted by Gasteiger charge is 2.20. The molecule has 1 saturated carbocycles. The maximum atomic E-state index is 5.52. The fraction of sp³-hybridized carbons (Fsp3) is 0.800. The summed E-state index contributed by atoms with van der Waals surface area (Å²) in [5, 5.41) is 8.41. The molecular weight excluding hydrogens is 176 g/mol. The van der Waals surface area contributed by atoms with Gasteiger partial charge in [0.15, 0.2) is 0 Å². The molecule has 4 nitrogen and oxygen atoms in total. The monoisotopic (exact) mass is 194 g/mol. The van der Waals surface area contributed by atoms with Crippen molar-refractivity contribution >= 4 is 0 Å². The predicted octanol–water partition coefficient (Wildman–Crippen LogP) is 1.20. The molecule has 0 amide bonds. The van der Waals surface area contributed by atoms with E-state index < -0.39 is 0 Å². The summed E-state index contributed by atoms with van der Waals surface area (Å²) in [4.78, 5) is 0. The van der Waals surface area contributed by atoms with E-state index >= 15 is 0 Å². The molecule has 78 valence electrons. The van der Waals surface area contributed by atoms with Crippen LogP contribution >= 0.6 is 0 Å². The van der Waals surface area contributed by atoms with Crippen molar-refractivity contribution in [3.05, 3.63) is 11.4 Å². The van der Waals surface area contributed by atoms with E-state index in [1.54, 1.807) is 0 Å². The lowest BCUT2D eigenvalue weighted by Gasteiger charge is -2.10. The molecule has 1 aromatic heterocycles. The first-order chi connectivity index (χ1) is 6.83. The van der Waals surface area contributed by atoms with Crippen molar-refractivity contribution in [2.75, 3.05) is 6.54 Å². The van der Waals surface area contributed by atoms with E-state index in [4.69, 9.17) is 5.73 Å². The van der Waals surface area contributed by atoms with E-state index in [2.05, 4.69) is 21.9 Å². The Morgan fingerprint density at radius 1 is 1.43 bits per heavy atom. The molecular formula is C10H18N4. The minimum Gasteiger partial charge on any atom is -0.330 e. The average molecular weight is 194 g/mol. The number of hydrogen-bond acceptors (Lipinski definition) is 3.